The summed E-state index contributed by atoms with van der Waals surface area (Å²) in [6, 6.07) is -1.000. The van der Waals surface area contributed by atoms with Crippen LogP contribution < -0.4 is 10.6 Å². The van der Waals surface area contributed by atoms with Crippen molar-refractivity contribution in [2.75, 3.05) is 14.2 Å². The molecule has 10 heteroatoms. The molecule has 2 fully saturated rings. The van der Waals surface area contributed by atoms with Crippen molar-refractivity contribution in [2.45, 2.75) is 116 Å². The minimum absolute atomic E-state index is 0.259. The van der Waals surface area contributed by atoms with Gasteiger partial charge >= 0.3 is 12.2 Å². The molecule has 2 saturated carbocycles. The van der Waals surface area contributed by atoms with E-state index in [1.54, 1.807) is 41.5 Å². The number of amides is 3. The van der Waals surface area contributed by atoms with Gasteiger partial charge in [-0.1, -0.05) is 38.5 Å². The van der Waals surface area contributed by atoms with Crippen LogP contribution in [-0.2, 0) is 23.9 Å². The van der Waals surface area contributed by atoms with Crippen LogP contribution in [0.5, 0.6) is 0 Å². The zero-order valence-corrected chi connectivity index (χ0v) is 23.3. The minimum Gasteiger partial charge on any atom is -0.444 e. The molecule has 0 aromatic heterocycles. The maximum absolute atomic E-state index is 12.2. The number of rotatable bonds is 9. The van der Waals surface area contributed by atoms with Crippen LogP contribution >= 0.6 is 0 Å². The number of hydroxylamine groups is 2. The van der Waals surface area contributed by atoms with E-state index in [9.17, 15) is 19.2 Å². The topological polar surface area (TPSA) is 123 Å². The molecular weight excluding hydrogens is 466 g/mol. The van der Waals surface area contributed by atoms with Gasteiger partial charge in [0.05, 0.1) is 13.2 Å². The van der Waals surface area contributed by atoms with Gasteiger partial charge in [-0.05, 0) is 66.2 Å². The lowest BCUT2D eigenvalue weighted by atomic mass is 9.80. The number of carbonyl (C=O) groups excluding carboxylic acids is 4. The van der Waals surface area contributed by atoms with E-state index in [0.29, 0.717) is 18.3 Å². The predicted molar refractivity (Wildman–Crippen MR) is 136 cm³/mol. The third-order valence-corrected chi connectivity index (χ3v) is 6.05. The predicted octanol–water partition coefficient (Wildman–Crippen LogP) is 4.36. The number of likely N-dealkylation sites (N-methyl/N-ethyl adjacent to an activating group) is 1. The van der Waals surface area contributed by atoms with E-state index in [0.717, 1.165) is 30.6 Å². The van der Waals surface area contributed by atoms with Crippen molar-refractivity contribution >= 4 is 24.4 Å². The van der Waals surface area contributed by atoms with Crippen molar-refractivity contribution in [1.29, 1.82) is 0 Å². The van der Waals surface area contributed by atoms with Crippen LogP contribution in [0, 0.1) is 11.8 Å². The van der Waals surface area contributed by atoms with Crippen LogP contribution in [0.4, 0.5) is 9.59 Å². The summed E-state index contributed by atoms with van der Waals surface area (Å²) >= 11 is 0. The summed E-state index contributed by atoms with van der Waals surface area (Å²) in [4.78, 5) is 51.1. The highest BCUT2D eigenvalue weighted by Gasteiger charge is 2.31. The molecule has 2 N–H and O–H groups in total. The standard InChI is InChI=1S/C14H26N2O4.C12H21NO3/c1-14(2,3)20-13(18)15-11(9-10-7-6-8-10)12(17)16(4)19-5;1-12(2,3)16-11(15)13-10(8-14)7-9-5-4-6-9/h10-11H,6-9H2,1-5H3,(H,15,18);8-10H,4-7H2,1-3H3,(H,13,15). The van der Waals surface area contributed by atoms with Crippen molar-refractivity contribution in [3.63, 3.8) is 0 Å². The smallest absolute Gasteiger partial charge is 0.408 e. The van der Waals surface area contributed by atoms with Gasteiger partial charge in [-0.25, -0.2) is 14.7 Å². The Bertz CT molecular complexity index is 722. The molecule has 3 amide bonds. The van der Waals surface area contributed by atoms with Gasteiger partial charge in [0.1, 0.15) is 23.5 Å². The Morgan fingerprint density at radius 3 is 1.67 bits per heavy atom. The van der Waals surface area contributed by atoms with E-state index in [2.05, 4.69) is 10.6 Å². The molecule has 2 rings (SSSR count). The summed E-state index contributed by atoms with van der Waals surface area (Å²) in [5, 5.41) is 6.39. The van der Waals surface area contributed by atoms with Gasteiger partial charge in [0.25, 0.3) is 5.91 Å². The van der Waals surface area contributed by atoms with Crippen LogP contribution in [-0.4, -0.2) is 66.9 Å². The molecule has 0 bridgehead atoms. The average Bonchev–Trinajstić information content (AvgIpc) is 2.67. The Hall–Kier alpha value is -2.36. The maximum Gasteiger partial charge on any atom is 0.408 e. The van der Waals surface area contributed by atoms with Crippen LogP contribution in [0.15, 0.2) is 0 Å². The minimum atomic E-state index is -0.597. The highest BCUT2D eigenvalue weighted by atomic mass is 16.7. The van der Waals surface area contributed by atoms with Gasteiger partial charge in [-0.2, -0.15) is 0 Å². The second-order valence-corrected chi connectivity index (χ2v) is 11.7. The Morgan fingerprint density at radius 1 is 0.861 bits per heavy atom. The van der Waals surface area contributed by atoms with E-state index in [1.807, 2.05) is 0 Å². The normalized spacial score (nSPS) is 17.7. The van der Waals surface area contributed by atoms with Crippen LogP contribution in [0.2, 0.25) is 0 Å². The number of nitrogens with one attached hydrogen (secondary N) is 2. The monoisotopic (exact) mass is 513 g/mol. The van der Waals surface area contributed by atoms with Crippen molar-refractivity contribution < 1.29 is 33.5 Å². The molecule has 2 aliphatic carbocycles. The zero-order chi connectivity index (χ0) is 27.5. The molecule has 208 valence electrons. The van der Waals surface area contributed by atoms with Crippen molar-refractivity contribution in [1.82, 2.24) is 15.7 Å². The van der Waals surface area contributed by atoms with Crippen molar-refractivity contribution in [2.24, 2.45) is 11.8 Å². The Labute approximate surface area is 216 Å². The second kappa shape index (κ2) is 14.4. The maximum atomic E-state index is 12.2. The molecule has 0 aromatic carbocycles. The zero-order valence-electron chi connectivity index (χ0n) is 23.3. The van der Waals surface area contributed by atoms with Gasteiger partial charge in [0.2, 0.25) is 0 Å². The SMILES string of the molecule is CC(C)(C)OC(=O)NC(C=O)CC1CCC1.CON(C)C(=O)C(CC1CCC1)NC(=O)OC(C)(C)C. The number of alkyl carbamates (subject to hydrolysis) is 2. The summed E-state index contributed by atoms with van der Waals surface area (Å²) < 4.78 is 10.3. The molecule has 0 radical (unpaired) electrons. The second-order valence-electron chi connectivity index (χ2n) is 11.7. The number of nitrogens with zero attached hydrogens (tertiary/aromatic N) is 1. The first-order chi connectivity index (χ1) is 16.6. The first-order valence-corrected chi connectivity index (χ1v) is 12.9. The van der Waals surface area contributed by atoms with Crippen molar-refractivity contribution in [3.8, 4) is 0 Å². The van der Waals surface area contributed by atoms with Crippen LogP contribution in [0.3, 0.4) is 0 Å². The Balaban J connectivity index is 0.000000369. The van der Waals surface area contributed by atoms with Crippen molar-refractivity contribution in [3.05, 3.63) is 0 Å². The highest BCUT2D eigenvalue weighted by molar-refractivity contribution is 5.84. The lowest BCUT2D eigenvalue weighted by Crippen LogP contribution is -2.49. The fourth-order valence-corrected chi connectivity index (χ4v) is 3.74. The summed E-state index contributed by atoms with van der Waals surface area (Å²) in [6.45, 7) is 10.8. The lowest BCUT2D eigenvalue weighted by molar-refractivity contribution is -0.171. The fraction of sp³-hybridized carbons (Fsp3) is 0.846. The molecule has 0 saturated heterocycles. The van der Waals surface area contributed by atoms with E-state index in [4.69, 9.17) is 14.3 Å². The summed E-state index contributed by atoms with van der Waals surface area (Å²) in [5.74, 6) is 0.819. The molecular formula is C26H47N3O7. The van der Waals surface area contributed by atoms with Gasteiger partial charge in [-0.3, -0.25) is 9.63 Å². The number of ether oxygens (including phenoxy) is 2. The van der Waals surface area contributed by atoms with Crippen LogP contribution in [0.25, 0.3) is 0 Å². The van der Waals surface area contributed by atoms with E-state index in [1.165, 1.54) is 39.8 Å². The number of aldehydes is 1. The molecule has 36 heavy (non-hydrogen) atoms. The van der Waals surface area contributed by atoms with E-state index >= 15 is 0 Å². The molecule has 2 unspecified atom stereocenters. The molecule has 2 atom stereocenters. The quantitative estimate of drug-likeness (QED) is 0.347. The van der Waals surface area contributed by atoms with E-state index in [-0.39, 0.29) is 5.91 Å². The fourth-order valence-electron chi connectivity index (χ4n) is 3.74. The molecule has 0 spiro atoms. The highest BCUT2D eigenvalue weighted by Crippen LogP contribution is 2.31. The van der Waals surface area contributed by atoms with E-state index < -0.39 is 35.5 Å². The Morgan fingerprint density at radius 2 is 1.31 bits per heavy atom. The van der Waals surface area contributed by atoms with Gasteiger partial charge in [0.15, 0.2) is 0 Å². The Kier molecular flexibility index (Phi) is 12.7. The molecule has 0 aliphatic heterocycles. The number of hydrogen-bond acceptors (Lipinski definition) is 7. The first-order valence-electron chi connectivity index (χ1n) is 12.9. The van der Waals surface area contributed by atoms with Gasteiger partial charge in [0, 0.05) is 7.05 Å². The third kappa shape index (κ3) is 13.1. The van der Waals surface area contributed by atoms with Gasteiger partial charge < -0.3 is 24.9 Å². The first kappa shape index (κ1) is 31.7. The third-order valence-electron chi connectivity index (χ3n) is 6.05. The van der Waals surface area contributed by atoms with Gasteiger partial charge in [-0.15, -0.1) is 0 Å². The summed E-state index contributed by atoms with van der Waals surface area (Å²) in [6.07, 6.45) is 8.06. The average molecular weight is 514 g/mol. The lowest BCUT2D eigenvalue weighted by Gasteiger charge is -2.31. The largest absolute Gasteiger partial charge is 0.444 e. The number of hydrogen-bond donors (Lipinski definition) is 2. The summed E-state index contributed by atoms with van der Waals surface area (Å²) in [5.41, 5.74) is -1.10. The molecule has 0 aromatic rings. The van der Waals surface area contributed by atoms with Crippen LogP contribution in [0.1, 0.15) is 92.9 Å². The number of carbonyl (C=O) groups is 4. The molecule has 0 heterocycles. The summed E-state index contributed by atoms with van der Waals surface area (Å²) in [7, 11) is 2.96. The molecule has 10 nitrogen and oxygen atoms in total. The molecule has 2 aliphatic rings.